The lowest BCUT2D eigenvalue weighted by Crippen LogP contribution is -2.25. The van der Waals surface area contributed by atoms with E-state index in [1.807, 2.05) is 54.6 Å². The molecule has 0 radical (unpaired) electrons. The molecule has 5 rings (SSSR count). The Bertz CT molecular complexity index is 1310. The Hall–Kier alpha value is -3.78. The van der Waals surface area contributed by atoms with Crippen LogP contribution in [-0.2, 0) is 0 Å². The van der Waals surface area contributed by atoms with Crippen molar-refractivity contribution < 1.29 is 18.8 Å². The molecule has 3 aromatic carbocycles. The van der Waals surface area contributed by atoms with Crippen molar-refractivity contribution in [2.24, 2.45) is 0 Å². The molecule has 2 heterocycles. The number of benzene rings is 3. The van der Waals surface area contributed by atoms with E-state index in [1.165, 1.54) is 0 Å². The predicted octanol–water partition coefficient (Wildman–Crippen LogP) is 5.16. The van der Waals surface area contributed by atoms with Crippen molar-refractivity contribution in [3.05, 3.63) is 66.2 Å². The minimum Gasteiger partial charge on any atom is -0.497 e. The van der Waals surface area contributed by atoms with Crippen molar-refractivity contribution in [2.75, 3.05) is 26.2 Å². The van der Waals surface area contributed by atoms with E-state index in [1.54, 1.807) is 44.0 Å². The van der Waals surface area contributed by atoms with E-state index in [-0.39, 0.29) is 5.91 Å². The first-order chi connectivity index (χ1) is 15.6. The monoisotopic (exact) mass is 445 g/mol. The van der Waals surface area contributed by atoms with Crippen LogP contribution in [0.5, 0.6) is 11.5 Å². The van der Waals surface area contributed by atoms with Gasteiger partial charge in [-0.3, -0.25) is 4.79 Å². The van der Waals surface area contributed by atoms with Crippen LogP contribution in [0, 0.1) is 0 Å². The zero-order valence-corrected chi connectivity index (χ0v) is 18.5. The summed E-state index contributed by atoms with van der Waals surface area (Å²) in [5.41, 5.74) is 3.01. The third kappa shape index (κ3) is 3.48. The molecule has 1 aliphatic heterocycles. The largest absolute Gasteiger partial charge is 0.497 e. The van der Waals surface area contributed by atoms with E-state index < -0.39 is 0 Å². The fourth-order valence-corrected chi connectivity index (χ4v) is 4.69. The molecule has 0 unspecified atom stereocenters. The van der Waals surface area contributed by atoms with Crippen molar-refractivity contribution in [3.8, 4) is 34.3 Å². The summed E-state index contributed by atoms with van der Waals surface area (Å²) in [6.07, 6.45) is 0. The van der Waals surface area contributed by atoms with Crippen LogP contribution in [0.3, 0.4) is 0 Å². The predicted molar refractivity (Wildman–Crippen MR) is 122 cm³/mol. The number of hydrogen-bond donors (Lipinski definition) is 0. The lowest BCUT2D eigenvalue weighted by molar-refractivity contribution is 0.0990. The highest BCUT2D eigenvalue weighted by Gasteiger charge is 2.25. The summed E-state index contributed by atoms with van der Waals surface area (Å²) in [4.78, 5) is 21.0. The van der Waals surface area contributed by atoms with Gasteiger partial charge in [-0.2, -0.15) is 4.98 Å². The maximum atomic E-state index is 12.9. The summed E-state index contributed by atoms with van der Waals surface area (Å²) in [6, 6.07) is 18.8. The molecule has 4 aromatic rings. The number of ether oxygens (including phenoxy) is 2. The molecule has 0 atom stereocenters. The van der Waals surface area contributed by atoms with Crippen LogP contribution in [0.15, 0.2) is 75.0 Å². The number of fused-ring (bicyclic) bond motifs is 2. The molecule has 1 aromatic heterocycles. The molecule has 0 saturated carbocycles. The average molecular weight is 446 g/mol. The summed E-state index contributed by atoms with van der Waals surface area (Å²) in [6.45, 7) is 0. The van der Waals surface area contributed by atoms with E-state index in [4.69, 9.17) is 14.0 Å². The number of amides is 1. The van der Waals surface area contributed by atoms with Gasteiger partial charge in [0.25, 0.3) is 11.8 Å². The lowest BCUT2D eigenvalue weighted by atomic mass is 10.1. The standard InChI is InChI=1S/C24H19N3O4S/c1-27-19-9-8-14(12-21(19)32-20-7-5-4-6-18(20)24(27)28)22-25-23(31-26-22)15-10-16(29-2)13-17(11-15)30-3/h4-13H,1-3H3. The molecule has 0 bridgehead atoms. The van der Waals surface area contributed by atoms with Gasteiger partial charge in [0.2, 0.25) is 5.82 Å². The maximum absolute atomic E-state index is 12.9. The normalized spacial score (nSPS) is 12.7. The Morgan fingerprint density at radius 3 is 2.41 bits per heavy atom. The molecule has 8 heteroatoms. The molecule has 0 spiro atoms. The molecule has 1 amide bonds. The van der Waals surface area contributed by atoms with Gasteiger partial charge >= 0.3 is 0 Å². The van der Waals surface area contributed by atoms with Crippen molar-refractivity contribution in [2.45, 2.75) is 9.79 Å². The van der Waals surface area contributed by atoms with Gasteiger partial charge in [0.05, 0.1) is 25.5 Å². The Balaban J connectivity index is 1.53. The number of methoxy groups -OCH3 is 2. The minimum atomic E-state index is -0.0339. The van der Waals surface area contributed by atoms with Crippen LogP contribution < -0.4 is 14.4 Å². The van der Waals surface area contributed by atoms with E-state index in [2.05, 4.69) is 10.1 Å². The van der Waals surface area contributed by atoms with Gasteiger partial charge in [-0.1, -0.05) is 29.1 Å². The van der Waals surface area contributed by atoms with Crippen LogP contribution in [0.25, 0.3) is 22.8 Å². The van der Waals surface area contributed by atoms with E-state index in [0.29, 0.717) is 34.3 Å². The molecular formula is C24H19N3O4S. The maximum Gasteiger partial charge on any atom is 0.259 e. The second-order valence-corrected chi connectivity index (χ2v) is 8.25. The van der Waals surface area contributed by atoms with Gasteiger partial charge in [0, 0.05) is 34.0 Å². The molecular weight excluding hydrogens is 426 g/mol. The summed E-state index contributed by atoms with van der Waals surface area (Å²) in [5.74, 6) is 2.04. The highest BCUT2D eigenvalue weighted by molar-refractivity contribution is 7.99. The number of hydrogen-bond acceptors (Lipinski definition) is 7. The zero-order valence-electron chi connectivity index (χ0n) is 17.7. The topological polar surface area (TPSA) is 77.7 Å². The first kappa shape index (κ1) is 20.1. The lowest BCUT2D eigenvalue weighted by Gasteiger charge is -2.17. The first-order valence-corrected chi connectivity index (χ1v) is 10.7. The van der Waals surface area contributed by atoms with Crippen LogP contribution in [0.2, 0.25) is 0 Å². The molecule has 7 nitrogen and oxygen atoms in total. The quantitative estimate of drug-likeness (QED) is 0.429. The second-order valence-electron chi connectivity index (χ2n) is 7.17. The number of aromatic nitrogens is 2. The molecule has 1 aliphatic rings. The van der Waals surface area contributed by atoms with Gasteiger partial charge in [-0.15, -0.1) is 0 Å². The summed E-state index contributed by atoms with van der Waals surface area (Å²) >= 11 is 1.55. The number of carbonyl (C=O) groups excluding carboxylic acids is 1. The molecule has 0 saturated heterocycles. The molecule has 0 N–H and O–H groups in total. The Kier molecular flexibility index (Phi) is 5.07. The number of nitrogens with zero attached hydrogens (tertiary/aromatic N) is 3. The van der Waals surface area contributed by atoms with E-state index >= 15 is 0 Å². The second kappa shape index (κ2) is 8.05. The number of rotatable bonds is 4. The highest BCUT2D eigenvalue weighted by atomic mass is 32.2. The van der Waals surface area contributed by atoms with Crippen LogP contribution in [-0.4, -0.2) is 37.3 Å². The smallest absolute Gasteiger partial charge is 0.259 e. The fraction of sp³-hybridized carbons (Fsp3) is 0.125. The number of anilines is 1. The molecule has 0 aliphatic carbocycles. The molecule has 0 fully saturated rings. The van der Waals surface area contributed by atoms with Crippen LogP contribution in [0.4, 0.5) is 5.69 Å². The summed E-state index contributed by atoms with van der Waals surface area (Å²) in [5, 5.41) is 4.17. The van der Waals surface area contributed by atoms with E-state index in [9.17, 15) is 4.79 Å². The average Bonchev–Trinajstić information content (AvgIpc) is 3.30. The Morgan fingerprint density at radius 1 is 0.906 bits per heavy atom. The third-order valence-corrected chi connectivity index (χ3v) is 6.37. The summed E-state index contributed by atoms with van der Waals surface area (Å²) < 4.78 is 16.2. The van der Waals surface area contributed by atoms with Gasteiger partial charge in [0.1, 0.15) is 11.5 Å². The van der Waals surface area contributed by atoms with Crippen LogP contribution >= 0.6 is 11.8 Å². The fourth-order valence-electron chi connectivity index (χ4n) is 3.54. The highest BCUT2D eigenvalue weighted by Crippen LogP contribution is 2.42. The Morgan fingerprint density at radius 2 is 1.66 bits per heavy atom. The molecule has 32 heavy (non-hydrogen) atoms. The van der Waals surface area contributed by atoms with Crippen molar-refractivity contribution >= 4 is 23.4 Å². The Labute approximate surface area is 189 Å². The first-order valence-electron chi connectivity index (χ1n) is 9.84. The van der Waals surface area contributed by atoms with Crippen molar-refractivity contribution in [1.29, 1.82) is 0 Å². The van der Waals surface area contributed by atoms with Gasteiger partial charge in [-0.05, 0) is 42.5 Å². The van der Waals surface area contributed by atoms with Crippen molar-refractivity contribution in [1.82, 2.24) is 10.1 Å². The summed E-state index contributed by atoms with van der Waals surface area (Å²) in [7, 11) is 4.96. The minimum absolute atomic E-state index is 0.0339. The zero-order chi connectivity index (χ0) is 22.2. The number of carbonyl (C=O) groups is 1. The van der Waals surface area contributed by atoms with Gasteiger partial charge < -0.3 is 18.9 Å². The van der Waals surface area contributed by atoms with Crippen molar-refractivity contribution in [3.63, 3.8) is 0 Å². The van der Waals surface area contributed by atoms with Gasteiger partial charge in [-0.25, -0.2) is 0 Å². The molecule has 160 valence electrons. The SMILES string of the molecule is COc1cc(OC)cc(-c2nc(-c3ccc4c(c3)Sc3ccccc3C(=O)N4C)no2)c1. The van der Waals surface area contributed by atoms with Gasteiger partial charge in [0.15, 0.2) is 0 Å². The third-order valence-electron chi connectivity index (χ3n) is 5.25. The van der Waals surface area contributed by atoms with E-state index in [0.717, 1.165) is 21.0 Å². The van der Waals surface area contributed by atoms with Crippen LogP contribution in [0.1, 0.15) is 10.4 Å².